The summed E-state index contributed by atoms with van der Waals surface area (Å²) in [6, 6.07) is 3.80. The van der Waals surface area contributed by atoms with Crippen LogP contribution in [0.1, 0.15) is 36.6 Å². The highest BCUT2D eigenvalue weighted by Crippen LogP contribution is 2.26. The fraction of sp³-hybridized carbons (Fsp3) is 0.529. The third kappa shape index (κ3) is 4.38. The molecule has 0 bridgehead atoms. The highest BCUT2D eigenvalue weighted by atomic mass is 16.3. The van der Waals surface area contributed by atoms with Crippen molar-refractivity contribution in [3.8, 4) is 0 Å². The maximum atomic E-state index is 10.8. The average Bonchev–Trinajstić information content (AvgIpc) is 3.07. The molecule has 0 aliphatic rings. The maximum absolute atomic E-state index is 10.8. The summed E-state index contributed by atoms with van der Waals surface area (Å²) < 4.78 is 7.31. The summed E-state index contributed by atoms with van der Waals surface area (Å²) in [6.07, 6.45) is 1.75. The lowest BCUT2D eigenvalue weighted by atomic mass is 9.96. The second kappa shape index (κ2) is 7.53. The highest BCUT2D eigenvalue weighted by molar-refractivity contribution is 5.79. The van der Waals surface area contributed by atoms with E-state index in [4.69, 9.17) is 4.42 Å². The Kier molecular flexibility index (Phi) is 5.66. The monoisotopic (exact) mass is 333 g/mol. The average molecular weight is 333 g/mol. The third-order valence-corrected chi connectivity index (χ3v) is 3.89. The lowest BCUT2D eigenvalue weighted by molar-refractivity contribution is 0.0601. The second-order valence-corrected chi connectivity index (χ2v) is 6.10. The Labute approximate surface area is 142 Å². The largest absolute Gasteiger partial charge is 0.466 e. The third-order valence-electron chi connectivity index (χ3n) is 3.89. The number of aryl methyl sites for hydroxylation is 3. The number of guanidine groups is 1. The fourth-order valence-electron chi connectivity index (χ4n) is 2.57. The van der Waals surface area contributed by atoms with Crippen LogP contribution < -0.4 is 10.6 Å². The number of aromatic nitrogens is 2. The van der Waals surface area contributed by atoms with E-state index in [9.17, 15) is 5.11 Å². The molecule has 2 rings (SSSR count). The first-order chi connectivity index (χ1) is 11.3. The first-order valence-corrected chi connectivity index (χ1v) is 8.12. The Morgan fingerprint density at radius 3 is 2.71 bits per heavy atom. The van der Waals surface area contributed by atoms with Gasteiger partial charge < -0.3 is 20.2 Å². The molecular weight excluding hydrogens is 306 g/mol. The standard InChI is InChI=1S/C17H27N5O2/c1-6-18-16(19-10-14-7-8-21-22(14)5)20-11-17(4,23)15-9-12(2)24-13(15)3/h7-9,23H,6,10-11H2,1-5H3,(H2,18,19,20). The molecule has 7 nitrogen and oxygen atoms in total. The van der Waals surface area contributed by atoms with Crippen LogP contribution in [0.25, 0.3) is 0 Å². The van der Waals surface area contributed by atoms with Crippen LogP contribution >= 0.6 is 0 Å². The minimum absolute atomic E-state index is 0.323. The Bertz CT molecular complexity index is 700. The van der Waals surface area contributed by atoms with Gasteiger partial charge in [-0.05, 0) is 39.8 Å². The molecule has 1 unspecified atom stereocenters. The molecule has 0 radical (unpaired) electrons. The first kappa shape index (κ1) is 18.1. The highest BCUT2D eigenvalue weighted by Gasteiger charge is 2.27. The minimum Gasteiger partial charge on any atom is -0.466 e. The van der Waals surface area contributed by atoms with Crippen molar-refractivity contribution in [3.05, 3.63) is 41.1 Å². The molecule has 24 heavy (non-hydrogen) atoms. The van der Waals surface area contributed by atoms with E-state index in [2.05, 4.69) is 20.7 Å². The maximum Gasteiger partial charge on any atom is 0.191 e. The summed E-state index contributed by atoms with van der Waals surface area (Å²) >= 11 is 0. The summed E-state index contributed by atoms with van der Waals surface area (Å²) in [6.45, 7) is 9.08. The van der Waals surface area contributed by atoms with Crippen molar-refractivity contribution in [2.45, 2.75) is 39.8 Å². The van der Waals surface area contributed by atoms with Gasteiger partial charge in [0, 0.05) is 25.4 Å². The van der Waals surface area contributed by atoms with Gasteiger partial charge in [-0.1, -0.05) is 0 Å². The van der Waals surface area contributed by atoms with Crippen LogP contribution in [0.15, 0.2) is 27.7 Å². The molecule has 0 fully saturated rings. The van der Waals surface area contributed by atoms with E-state index in [1.54, 1.807) is 17.8 Å². The van der Waals surface area contributed by atoms with Crippen molar-refractivity contribution in [1.82, 2.24) is 20.4 Å². The van der Waals surface area contributed by atoms with Crippen LogP contribution in [0.4, 0.5) is 0 Å². The Morgan fingerprint density at radius 1 is 1.42 bits per heavy atom. The van der Waals surface area contributed by atoms with Gasteiger partial charge in [0.05, 0.1) is 18.8 Å². The number of aliphatic hydroxyl groups is 1. The number of aliphatic imine (C=N–C) groups is 1. The molecule has 0 saturated carbocycles. The Morgan fingerprint density at radius 2 is 2.17 bits per heavy atom. The van der Waals surface area contributed by atoms with Gasteiger partial charge in [0.25, 0.3) is 0 Å². The number of nitrogens with one attached hydrogen (secondary N) is 2. The summed E-state index contributed by atoms with van der Waals surface area (Å²) in [7, 11) is 1.89. The number of hydrogen-bond acceptors (Lipinski definition) is 4. The predicted molar refractivity (Wildman–Crippen MR) is 93.8 cm³/mol. The molecule has 0 saturated heterocycles. The molecule has 0 aliphatic carbocycles. The van der Waals surface area contributed by atoms with Crippen LogP contribution in [0.5, 0.6) is 0 Å². The van der Waals surface area contributed by atoms with Crippen molar-refractivity contribution in [3.63, 3.8) is 0 Å². The molecule has 1 atom stereocenters. The van der Waals surface area contributed by atoms with E-state index in [0.29, 0.717) is 19.0 Å². The van der Waals surface area contributed by atoms with Crippen LogP contribution in [-0.2, 0) is 19.2 Å². The van der Waals surface area contributed by atoms with Gasteiger partial charge in [0.15, 0.2) is 5.96 Å². The smallest absolute Gasteiger partial charge is 0.191 e. The van der Waals surface area contributed by atoms with Gasteiger partial charge in [-0.25, -0.2) is 4.99 Å². The zero-order valence-electron chi connectivity index (χ0n) is 15.1. The van der Waals surface area contributed by atoms with Crippen LogP contribution in [0, 0.1) is 13.8 Å². The molecular formula is C17H27N5O2. The molecule has 2 aromatic rings. The quantitative estimate of drug-likeness (QED) is 0.552. The van der Waals surface area contributed by atoms with Crippen LogP contribution in [-0.4, -0.2) is 33.9 Å². The predicted octanol–water partition coefficient (Wildman–Crippen LogP) is 1.59. The van der Waals surface area contributed by atoms with Crippen molar-refractivity contribution in [1.29, 1.82) is 0 Å². The van der Waals surface area contributed by atoms with Gasteiger partial charge in [0.1, 0.15) is 17.1 Å². The van der Waals surface area contributed by atoms with Crippen molar-refractivity contribution >= 4 is 5.96 Å². The molecule has 3 N–H and O–H groups in total. The summed E-state index contributed by atoms with van der Waals surface area (Å²) in [5.41, 5.74) is 0.750. The topological polar surface area (TPSA) is 87.6 Å². The molecule has 0 amide bonds. The van der Waals surface area contributed by atoms with Gasteiger partial charge in [0.2, 0.25) is 0 Å². The molecule has 7 heteroatoms. The lowest BCUT2D eigenvalue weighted by Gasteiger charge is -2.24. The summed E-state index contributed by atoms with van der Waals surface area (Å²) in [4.78, 5) is 4.54. The number of hydrogen-bond donors (Lipinski definition) is 3. The molecule has 2 aromatic heterocycles. The zero-order chi connectivity index (χ0) is 17.7. The second-order valence-electron chi connectivity index (χ2n) is 6.10. The first-order valence-electron chi connectivity index (χ1n) is 8.12. The Hall–Kier alpha value is -2.28. The summed E-state index contributed by atoms with van der Waals surface area (Å²) in [5, 5.41) is 21.3. The van der Waals surface area contributed by atoms with Crippen LogP contribution in [0.3, 0.4) is 0 Å². The number of furan rings is 1. The minimum atomic E-state index is -1.05. The molecule has 0 aromatic carbocycles. The van der Waals surface area contributed by atoms with Crippen LogP contribution in [0.2, 0.25) is 0 Å². The molecule has 132 valence electrons. The molecule has 2 heterocycles. The summed E-state index contributed by atoms with van der Waals surface area (Å²) in [5.74, 6) is 2.17. The van der Waals surface area contributed by atoms with E-state index < -0.39 is 5.60 Å². The van der Waals surface area contributed by atoms with E-state index in [1.807, 2.05) is 40.0 Å². The van der Waals surface area contributed by atoms with Gasteiger partial charge in [-0.2, -0.15) is 5.10 Å². The van der Waals surface area contributed by atoms with E-state index in [-0.39, 0.29) is 0 Å². The molecule has 0 aliphatic heterocycles. The van der Waals surface area contributed by atoms with Crippen molar-refractivity contribution in [2.75, 3.05) is 13.1 Å². The van der Waals surface area contributed by atoms with Gasteiger partial charge >= 0.3 is 0 Å². The van der Waals surface area contributed by atoms with E-state index in [0.717, 1.165) is 29.3 Å². The van der Waals surface area contributed by atoms with Crippen molar-refractivity contribution in [2.24, 2.45) is 12.0 Å². The number of rotatable bonds is 6. The SMILES string of the molecule is CCNC(=NCc1ccnn1C)NCC(C)(O)c1cc(C)oc1C. The van der Waals surface area contributed by atoms with Gasteiger partial charge in [-0.3, -0.25) is 4.68 Å². The van der Waals surface area contributed by atoms with E-state index in [1.165, 1.54) is 0 Å². The van der Waals surface area contributed by atoms with Gasteiger partial charge in [-0.15, -0.1) is 0 Å². The van der Waals surface area contributed by atoms with E-state index >= 15 is 0 Å². The zero-order valence-corrected chi connectivity index (χ0v) is 15.1. The molecule has 0 spiro atoms. The fourth-order valence-corrected chi connectivity index (χ4v) is 2.57. The normalized spacial score (nSPS) is 14.5. The number of nitrogens with zero attached hydrogens (tertiary/aromatic N) is 3. The Balaban J connectivity index is 2.05. The van der Waals surface area contributed by atoms with Crippen molar-refractivity contribution < 1.29 is 9.52 Å². The lowest BCUT2D eigenvalue weighted by Crippen LogP contribution is -2.44.